The van der Waals surface area contributed by atoms with E-state index in [1.165, 1.54) is 12.1 Å². The minimum Gasteiger partial charge on any atom is -0.436 e. The van der Waals surface area contributed by atoms with Gasteiger partial charge in [-0.05, 0) is 25.1 Å². The van der Waals surface area contributed by atoms with Crippen molar-refractivity contribution in [2.24, 2.45) is 0 Å². The van der Waals surface area contributed by atoms with Crippen molar-refractivity contribution in [3.05, 3.63) is 42.0 Å². The number of fused-ring (bicyclic) bond motifs is 1. The summed E-state index contributed by atoms with van der Waals surface area (Å²) >= 11 is 0. The number of hydrogen-bond donors (Lipinski definition) is 2. The summed E-state index contributed by atoms with van der Waals surface area (Å²) in [5.41, 5.74) is 0.374. The number of ether oxygens (including phenoxy) is 1. The van der Waals surface area contributed by atoms with Crippen LogP contribution >= 0.6 is 0 Å². The molecule has 0 unspecified atom stereocenters. The normalized spacial score (nSPS) is 12.9. The molecule has 0 radical (unpaired) electrons. The number of aromatic amines is 1. The van der Waals surface area contributed by atoms with Crippen molar-refractivity contribution in [3.63, 3.8) is 0 Å². The summed E-state index contributed by atoms with van der Waals surface area (Å²) in [7, 11) is -3.13. The highest BCUT2D eigenvalue weighted by Gasteiger charge is 2.15. The van der Waals surface area contributed by atoms with E-state index in [1.54, 1.807) is 13.0 Å². The molecule has 2 N–H and O–H groups in total. The first-order valence-electron chi connectivity index (χ1n) is 7.63. The molecule has 0 spiro atoms. The Bertz CT molecular complexity index is 1050. The molecular formula is C16H16F2N4O3S. The molecule has 26 heavy (non-hydrogen) atoms. The van der Waals surface area contributed by atoms with Gasteiger partial charge in [-0.25, -0.2) is 17.2 Å². The number of sulfone groups is 1. The molecule has 7 nitrogen and oxygen atoms in total. The molecule has 0 amide bonds. The van der Waals surface area contributed by atoms with Gasteiger partial charge < -0.3 is 10.1 Å². The van der Waals surface area contributed by atoms with Crippen LogP contribution in [0.4, 0.5) is 14.6 Å². The summed E-state index contributed by atoms with van der Waals surface area (Å²) in [6.45, 7) is 1.73. The molecule has 3 aromatic rings. The largest absolute Gasteiger partial charge is 0.436 e. The van der Waals surface area contributed by atoms with Gasteiger partial charge in [0.05, 0.1) is 11.1 Å². The maximum atomic E-state index is 13.7. The van der Waals surface area contributed by atoms with Crippen molar-refractivity contribution in [1.82, 2.24) is 15.2 Å². The van der Waals surface area contributed by atoms with E-state index in [0.717, 1.165) is 18.4 Å². The minimum absolute atomic E-state index is 0.0418. The Morgan fingerprint density at radius 2 is 2.04 bits per heavy atom. The van der Waals surface area contributed by atoms with E-state index in [4.69, 9.17) is 4.74 Å². The van der Waals surface area contributed by atoms with Crippen LogP contribution in [0.5, 0.6) is 11.6 Å². The van der Waals surface area contributed by atoms with Gasteiger partial charge in [-0.1, -0.05) is 0 Å². The average Bonchev–Trinajstić information content (AvgIpc) is 2.90. The highest BCUT2D eigenvalue weighted by molar-refractivity contribution is 7.90. The summed E-state index contributed by atoms with van der Waals surface area (Å²) in [5.74, 6) is -1.19. The summed E-state index contributed by atoms with van der Waals surface area (Å²) in [6.07, 6.45) is 1.16. The molecular weight excluding hydrogens is 366 g/mol. The molecule has 138 valence electrons. The molecule has 0 aliphatic rings. The van der Waals surface area contributed by atoms with Crippen LogP contribution in [-0.4, -0.2) is 41.6 Å². The number of rotatable bonds is 6. The number of aromatic nitrogens is 3. The van der Waals surface area contributed by atoms with Crippen molar-refractivity contribution >= 4 is 26.7 Å². The minimum atomic E-state index is -3.13. The van der Waals surface area contributed by atoms with E-state index in [2.05, 4.69) is 20.5 Å². The molecule has 0 saturated carbocycles. The predicted molar refractivity (Wildman–Crippen MR) is 93.1 cm³/mol. The van der Waals surface area contributed by atoms with E-state index in [1.807, 2.05) is 0 Å². The first-order valence-corrected chi connectivity index (χ1v) is 9.69. The fraction of sp³-hybridized carbons (Fsp3) is 0.250. The molecule has 0 fully saturated rings. The highest BCUT2D eigenvalue weighted by atomic mass is 32.2. The summed E-state index contributed by atoms with van der Waals surface area (Å²) in [5, 5.41) is 10.4. The monoisotopic (exact) mass is 382 g/mol. The lowest BCUT2D eigenvalue weighted by Gasteiger charge is -2.12. The first-order chi connectivity index (χ1) is 12.2. The van der Waals surface area contributed by atoms with Gasteiger partial charge in [-0.15, -0.1) is 0 Å². The molecule has 2 heterocycles. The zero-order chi connectivity index (χ0) is 18.9. The van der Waals surface area contributed by atoms with Gasteiger partial charge >= 0.3 is 0 Å². The molecule has 10 heteroatoms. The Hall–Kier alpha value is -2.75. The van der Waals surface area contributed by atoms with Crippen molar-refractivity contribution in [3.8, 4) is 11.6 Å². The zero-order valence-electron chi connectivity index (χ0n) is 14.0. The van der Waals surface area contributed by atoms with Crippen molar-refractivity contribution < 1.29 is 21.9 Å². The SMILES string of the molecule is C[C@H](CS(C)(=O)=O)Nc1n[nH]c2nc(Oc3ccc(F)cc3F)ccc12. The Balaban J connectivity index is 1.80. The van der Waals surface area contributed by atoms with E-state index in [0.29, 0.717) is 16.9 Å². The zero-order valence-corrected chi connectivity index (χ0v) is 14.8. The summed E-state index contributed by atoms with van der Waals surface area (Å²) < 4.78 is 54.6. The van der Waals surface area contributed by atoms with Crippen LogP contribution in [0.1, 0.15) is 6.92 Å². The summed E-state index contributed by atoms with van der Waals surface area (Å²) in [6, 6.07) is 5.78. The Morgan fingerprint density at radius 3 is 2.73 bits per heavy atom. The smallest absolute Gasteiger partial charge is 0.221 e. The fourth-order valence-corrected chi connectivity index (χ4v) is 3.44. The Kier molecular flexibility index (Phi) is 4.77. The highest BCUT2D eigenvalue weighted by Crippen LogP contribution is 2.27. The summed E-state index contributed by atoms with van der Waals surface area (Å²) in [4.78, 5) is 4.18. The molecule has 1 atom stereocenters. The molecule has 2 aromatic heterocycles. The number of pyridine rings is 1. The third kappa shape index (κ3) is 4.26. The lowest BCUT2D eigenvalue weighted by atomic mass is 10.3. The third-order valence-corrected chi connectivity index (χ3v) is 4.55. The van der Waals surface area contributed by atoms with Crippen LogP contribution in [0.2, 0.25) is 0 Å². The van der Waals surface area contributed by atoms with Crippen LogP contribution in [0.15, 0.2) is 30.3 Å². The van der Waals surface area contributed by atoms with Crippen LogP contribution in [0.3, 0.4) is 0 Å². The van der Waals surface area contributed by atoms with E-state index >= 15 is 0 Å². The average molecular weight is 382 g/mol. The van der Waals surface area contributed by atoms with E-state index in [-0.39, 0.29) is 23.4 Å². The molecule has 0 aliphatic heterocycles. The second-order valence-electron chi connectivity index (χ2n) is 5.93. The number of nitrogens with zero attached hydrogens (tertiary/aromatic N) is 2. The standard InChI is InChI=1S/C16H16F2N4O3S/c1-9(8-26(2,23)24)19-15-11-4-6-14(20-16(11)22-21-15)25-13-5-3-10(17)7-12(13)18/h3-7,9H,8H2,1-2H3,(H2,19,20,21,22)/t9-/m1/s1. The quantitative estimate of drug-likeness (QED) is 0.680. The molecule has 1 aromatic carbocycles. The van der Waals surface area contributed by atoms with Crippen LogP contribution in [0, 0.1) is 11.6 Å². The number of benzene rings is 1. The molecule has 3 rings (SSSR count). The third-order valence-electron chi connectivity index (χ3n) is 3.44. The second-order valence-corrected chi connectivity index (χ2v) is 8.12. The van der Waals surface area contributed by atoms with Crippen LogP contribution in [0.25, 0.3) is 11.0 Å². The molecule has 0 bridgehead atoms. The number of anilines is 1. The second kappa shape index (κ2) is 6.87. The van der Waals surface area contributed by atoms with Gasteiger partial charge in [-0.2, -0.15) is 10.1 Å². The van der Waals surface area contributed by atoms with Crippen molar-refractivity contribution in [1.29, 1.82) is 0 Å². The van der Waals surface area contributed by atoms with Crippen molar-refractivity contribution in [2.45, 2.75) is 13.0 Å². The maximum Gasteiger partial charge on any atom is 0.221 e. The maximum absolute atomic E-state index is 13.7. The van der Waals surface area contributed by atoms with E-state index in [9.17, 15) is 17.2 Å². The van der Waals surface area contributed by atoms with Crippen LogP contribution < -0.4 is 10.1 Å². The fourth-order valence-electron chi connectivity index (χ4n) is 2.45. The Labute approximate surface area is 148 Å². The lowest BCUT2D eigenvalue weighted by Crippen LogP contribution is -2.25. The first kappa shape index (κ1) is 18.1. The number of hydrogen-bond acceptors (Lipinski definition) is 6. The van der Waals surface area contributed by atoms with Gasteiger partial charge in [0.1, 0.15) is 15.7 Å². The van der Waals surface area contributed by atoms with Gasteiger partial charge in [-0.3, -0.25) is 5.10 Å². The van der Waals surface area contributed by atoms with Gasteiger partial charge in [0.25, 0.3) is 0 Å². The molecule has 0 saturated heterocycles. The molecule has 0 aliphatic carbocycles. The van der Waals surface area contributed by atoms with E-state index < -0.39 is 21.5 Å². The Morgan fingerprint density at radius 1 is 1.27 bits per heavy atom. The topological polar surface area (TPSA) is 97.0 Å². The van der Waals surface area contributed by atoms with Gasteiger partial charge in [0.2, 0.25) is 5.88 Å². The number of nitrogens with one attached hydrogen (secondary N) is 2. The number of H-pyrrole nitrogens is 1. The lowest BCUT2D eigenvalue weighted by molar-refractivity contribution is 0.425. The van der Waals surface area contributed by atoms with Crippen molar-refractivity contribution in [2.75, 3.05) is 17.3 Å². The number of halogens is 2. The van der Waals surface area contributed by atoms with Gasteiger partial charge in [0, 0.05) is 24.4 Å². The predicted octanol–water partition coefficient (Wildman–Crippen LogP) is 2.87. The van der Waals surface area contributed by atoms with Gasteiger partial charge in [0.15, 0.2) is 23.0 Å². The van der Waals surface area contributed by atoms with Crippen LogP contribution in [-0.2, 0) is 9.84 Å².